The van der Waals surface area contributed by atoms with E-state index in [4.69, 9.17) is 0 Å². The molecule has 0 aliphatic rings. The van der Waals surface area contributed by atoms with Crippen LogP contribution >= 0.6 is 11.3 Å². The van der Waals surface area contributed by atoms with E-state index in [0.29, 0.717) is 5.56 Å². The lowest BCUT2D eigenvalue weighted by molar-refractivity contribution is 0.0943. The highest BCUT2D eigenvalue weighted by molar-refractivity contribution is 7.15. The number of rotatable bonds is 4. The van der Waals surface area contributed by atoms with Gasteiger partial charge in [-0.15, -0.1) is 16.4 Å². The van der Waals surface area contributed by atoms with Crippen molar-refractivity contribution in [3.63, 3.8) is 0 Å². The van der Waals surface area contributed by atoms with Crippen molar-refractivity contribution in [2.24, 2.45) is 0 Å². The third kappa shape index (κ3) is 3.45. The minimum absolute atomic E-state index is 0.0756. The van der Waals surface area contributed by atoms with Crippen LogP contribution in [-0.4, -0.2) is 32.2 Å². The summed E-state index contributed by atoms with van der Waals surface area (Å²) < 4.78 is 1.55. The van der Waals surface area contributed by atoms with E-state index in [9.17, 15) is 4.79 Å². The number of aromatic nitrogens is 4. The Hall–Kier alpha value is -2.54. The molecule has 2 aromatic heterocycles. The SMILES string of the molecule is Cc1ccc(-c2cc(C(=O)NC(C)C)cc(-n3cnnn3)c2)s1. The summed E-state index contributed by atoms with van der Waals surface area (Å²) in [5.74, 6) is -0.107. The predicted octanol–water partition coefficient (Wildman–Crippen LogP) is 2.84. The standard InChI is InChI=1S/C16H17N5OS/c1-10(2)18-16(22)13-6-12(15-5-4-11(3)23-15)7-14(8-13)21-9-17-19-20-21/h4-10H,1-3H3,(H,18,22). The van der Waals surface area contributed by atoms with Crippen molar-refractivity contribution in [3.05, 3.63) is 47.1 Å². The van der Waals surface area contributed by atoms with Gasteiger partial charge in [0.1, 0.15) is 6.33 Å². The fraction of sp³-hybridized carbons (Fsp3) is 0.250. The molecule has 0 atom stereocenters. The van der Waals surface area contributed by atoms with Gasteiger partial charge in [0, 0.05) is 21.4 Å². The Morgan fingerprint density at radius 2 is 2.09 bits per heavy atom. The van der Waals surface area contributed by atoms with Gasteiger partial charge in [-0.1, -0.05) is 0 Å². The highest BCUT2D eigenvalue weighted by Gasteiger charge is 2.13. The third-order valence-electron chi connectivity index (χ3n) is 3.24. The summed E-state index contributed by atoms with van der Waals surface area (Å²) in [4.78, 5) is 14.7. The Balaban J connectivity index is 2.09. The Kier molecular flexibility index (Phi) is 4.20. The van der Waals surface area contributed by atoms with Gasteiger partial charge in [-0.3, -0.25) is 4.79 Å². The van der Waals surface area contributed by atoms with Crippen molar-refractivity contribution in [2.75, 3.05) is 0 Å². The Labute approximate surface area is 138 Å². The van der Waals surface area contributed by atoms with E-state index in [1.807, 2.05) is 26.0 Å². The first-order chi connectivity index (χ1) is 11.0. The average molecular weight is 327 g/mol. The van der Waals surface area contributed by atoms with Gasteiger partial charge in [-0.2, -0.15) is 0 Å². The second kappa shape index (κ2) is 6.29. The smallest absolute Gasteiger partial charge is 0.251 e. The first-order valence-electron chi connectivity index (χ1n) is 7.29. The molecule has 0 aliphatic carbocycles. The van der Waals surface area contributed by atoms with Gasteiger partial charge >= 0.3 is 0 Å². The van der Waals surface area contributed by atoms with Crippen LogP contribution < -0.4 is 5.32 Å². The Bertz CT molecular complexity index is 823. The second-order valence-electron chi connectivity index (χ2n) is 5.56. The van der Waals surface area contributed by atoms with E-state index in [-0.39, 0.29) is 11.9 Å². The lowest BCUT2D eigenvalue weighted by Gasteiger charge is -2.11. The summed E-state index contributed by atoms with van der Waals surface area (Å²) in [7, 11) is 0. The van der Waals surface area contributed by atoms with E-state index >= 15 is 0 Å². The van der Waals surface area contributed by atoms with Crippen molar-refractivity contribution < 1.29 is 4.79 Å². The monoisotopic (exact) mass is 327 g/mol. The van der Waals surface area contributed by atoms with Crippen LogP contribution in [0.5, 0.6) is 0 Å². The van der Waals surface area contributed by atoms with E-state index in [2.05, 4.69) is 39.9 Å². The number of nitrogens with zero attached hydrogens (tertiary/aromatic N) is 4. The lowest BCUT2D eigenvalue weighted by Crippen LogP contribution is -2.30. The van der Waals surface area contributed by atoms with Gasteiger partial charge in [-0.25, -0.2) is 4.68 Å². The number of aryl methyl sites for hydroxylation is 1. The van der Waals surface area contributed by atoms with Gasteiger partial charge in [0.2, 0.25) is 0 Å². The van der Waals surface area contributed by atoms with Crippen LogP contribution in [0.15, 0.2) is 36.7 Å². The predicted molar refractivity (Wildman–Crippen MR) is 89.8 cm³/mol. The highest BCUT2D eigenvalue weighted by atomic mass is 32.1. The maximum Gasteiger partial charge on any atom is 0.251 e. The molecule has 0 saturated heterocycles. The lowest BCUT2D eigenvalue weighted by atomic mass is 10.1. The normalized spacial score (nSPS) is 11.0. The van der Waals surface area contributed by atoms with E-state index < -0.39 is 0 Å². The molecule has 118 valence electrons. The molecule has 3 aromatic rings. The fourth-order valence-electron chi connectivity index (χ4n) is 2.23. The number of amides is 1. The molecule has 0 unspecified atom stereocenters. The second-order valence-corrected chi connectivity index (χ2v) is 6.85. The highest BCUT2D eigenvalue weighted by Crippen LogP contribution is 2.30. The molecule has 2 heterocycles. The number of hydrogen-bond donors (Lipinski definition) is 1. The van der Waals surface area contributed by atoms with Crippen LogP contribution in [0, 0.1) is 6.92 Å². The van der Waals surface area contributed by atoms with Crippen LogP contribution in [0.3, 0.4) is 0 Å². The number of benzene rings is 1. The first-order valence-corrected chi connectivity index (χ1v) is 8.10. The van der Waals surface area contributed by atoms with Crippen molar-refractivity contribution in [1.82, 2.24) is 25.5 Å². The molecule has 0 saturated carbocycles. The molecule has 0 fully saturated rings. The van der Waals surface area contributed by atoms with Crippen molar-refractivity contribution in [1.29, 1.82) is 0 Å². The zero-order chi connectivity index (χ0) is 16.4. The Morgan fingerprint density at radius 1 is 1.26 bits per heavy atom. The third-order valence-corrected chi connectivity index (χ3v) is 4.29. The molecule has 0 radical (unpaired) electrons. The van der Waals surface area contributed by atoms with Crippen LogP contribution in [0.1, 0.15) is 29.1 Å². The van der Waals surface area contributed by atoms with Crippen molar-refractivity contribution in [3.8, 4) is 16.1 Å². The topological polar surface area (TPSA) is 72.7 Å². The minimum atomic E-state index is -0.107. The number of tetrazole rings is 1. The van der Waals surface area contributed by atoms with E-state index in [1.54, 1.807) is 22.1 Å². The summed E-state index contributed by atoms with van der Waals surface area (Å²) >= 11 is 1.69. The van der Waals surface area contributed by atoms with Gasteiger partial charge in [0.15, 0.2) is 0 Å². The molecule has 6 nitrogen and oxygen atoms in total. The summed E-state index contributed by atoms with van der Waals surface area (Å²) in [5.41, 5.74) is 2.32. The van der Waals surface area contributed by atoms with Crippen molar-refractivity contribution >= 4 is 17.2 Å². The summed E-state index contributed by atoms with van der Waals surface area (Å²) in [6.45, 7) is 5.94. The quantitative estimate of drug-likeness (QED) is 0.800. The van der Waals surface area contributed by atoms with Gasteiger partial charge in [0.25, 0.3) is 5.91 Å². The van der Waals surface area contributed by atoms with Crippen molar-refractivity contribution in [2.45, 2.75) is 26.8 Å². The van der Waals surface area contributed by atoms with Crippen LogP contribution in [0.25, 0.3) is 16.1 Å². The average Bonchev–Trinajstić information content (AvgIpc) is 3.17. The fourth-order valence-corrected chi connectivity index (χ4v) is 3.09. The van der Waals surface area contributed by atoms with Gasteiger partial charge < -0.3 is 5.32 Å². The number of carbonyl (C=O) groups is 1. The van der Waals surface area contributed by atoms with Crippen LogP contribution in [0.4, 0.5) is 0 Å². The first kappa shape index (κ1) is 15.4. The maximum atomic E-state index is 12.4. The molecule has 0 bridgehead atoms. The summed E-state index contributed by atoms with van der Waals surface area (Å²) in [6.07, 6.45) is 1.52. The number of carbonyl (C=O) groups excluding carboxylic acids is 1. The minimum Gasteiger partial charge on any atom is -0.350 e. The van der Waals surface area contributed by atoms with Gasteiger partial charge in [0.05, 0.1) is 5.69 Å². The molecule has 0 spiro atoms. The molecule has 0 aliphatic heterocycles. The molecule has 3 rings (SSSR count). The number of hydrogen-bond acceptors (Lipinski definition) is 5. The molecule has 1 N–H and O–H groups in total. The summed E-state index contributed by atoms with van der Waals surface area (Å²) in [5, 5.41) is 14.2. The van der Waals surface area contributed by atoms with Crippen LogP contribution in [0.2, 0.25) is 0 Å². The van der Waals surface area contributed by atoms with Gasteiger partial charge in [-0.05, 0) is 67.1 Å². The van der Waals surface area contributed by atoms with E-state index in [0.717, 1.165) is 16.1 Å². The molecule has 1 aromatic carbocycles. The van der Waals surface area contributed by atoms with E-state index in [1.165, 1.54) is 11.2 Å². The molecular weight excluding hydrogens is 310 g/mol. The number of nitrogens with one attached hydrogen (secondary N) is 1. The Morgan fingerprint density at radius 3 is 2.70 bits per heavy atom. The largest absolute Gasteiger partial charge is 0.350 e. The maximum absolute atomic E-state index is 12.4. The number of thiophene rings is 1. The molecular formula is C16H17N5OS. The molecule has 7 heteroatoms. The zero-order valence-corrected chi connectivity index (χ0v) is 14.0. The zero-order valence-electron chi connectivity index (χ0n) is 13.1. The molecule has 1 amide bonds. The van der Waals surface area contributed by atoms with Crippen LogP contribution in [-0.2, 0) is 0 Å². The summed E-state index contributed by atoms with van der Waals surface area (Å²) in [6, 6.07) is 9.87. The molecule has 23 heavy (non-hydrogen) atoms.